The monoisotopic (exact) mass is 444 g/mol. The van der Waals surface area contributed by atoms with Gasteiger partial charge in [0.15, 0.2) is 21.4 Å². The van der Waals surface area contributed by atoms with Crippen molar-refractivity contribution in [1.82, 2.24) is 19.5 Å². The number of ether oxygens (including phenoxy) is 2. The topological polar surface area (TPSA) is 125 Å². The Morgan fingerprint density at radius 1 is 1.16 bits per heavy atom. The number of imidazole rings is 1. The third-order valence-electron chi connectivity index (χ3n) is 6.04. The van der Waals surface area contributed by atoms with Gasteiger partial charge in [0, 0.05) is 12.8 Å². The molecule has 2 aromatic heterocycles. The van der Waals surface area contributed by atoms with Gasteiger partial charge in [-0.3, -0.25) is 0 Å². The SMILES string of the molecule is CC(C)(c1nc(-n2c(N)nc3ccccc32)nc2c1OCC1COCCN21)S(C)(=O)=O. The predicted molar refractivity (Wildman–Crippen MR) is 116 cm³/mol. The van der Waals surface area contributed by atoms with Gasteiger partial charge in [-0.25, -0.2) is 23.0 Å². The number of hydrogen-bond acceptors (Lipinski definition) is 9. The fourth-order valence-corrected chi connectivity index (χ4v) is 4.43. The van der Waals surface area contributed by atoms with Gasteiger partial charge < -0.3 is 20.1 Å². The smallest absolute Gasteiger partial charge is 0.239 e. The van der Waals surface area contributed by atoms with Crippen LogP contribution in [-0.4, -0.2) is 66.6 Å². The zero-order valence-electron chi connectivity index (χ0n) is 17.6. The molecule has 0 radical (unpaired) electrons. The number of nitrogens with two attached hydrogens (primary N) is 1. The van der Waals surface area contributed by atoms with Gasteiger partial charge in [-0.15, -0.1) is 0 Å². The van der Waals surface area contributed by atoms with Crippen molar-refractivity contribution in [2.75, 3.05) is 43.3 Å². The molecule has 5 rings (SSSR count). The number of para-hydroxylation sites is 2. The van der Waals surface area contributed by atoms with Crippen molar-refractivity contribution in [3.05, 3.63) is 30.0 Å². The quantitative estimate of drug-likeness (QED) is 0.636. The fourth-order valence-electron chi connectivity index (χ4n) is 3.94. The first kappa shape index (κ1) is 20.0. The van der Waals surface area contributed by atoms with Crippen LogP contribution in [0.25, 0.3) is 17.0 Å². The normalized spacial score (nSPS) is 19.1. The Hall–Kier alpha value is -2.92. The highest BCUT2D eigenvalue weighted by molar-refractivity contribution is 7.91. The number of nitrogens with zero attached hydrogens (tertiary/aromatic N) is 5. The Kier molecular flexibility index (Phi) is 4.38. The minimum Gasteiger partial charge on any atom is -0.486 e. The van der Waals surface area contributed by atoms with Crippen LogP contribution < -0.4 is 15.4 Å². The summed E-state index contributed by atoms with van der Waals surface area (Å²) in [5, 5.41) is 0. The van der Waals surface area contributed by atoms with E-state index in [1.807, 2.05) is 24.3 Å². The highest BCUT2D eigenvalue weighted by atomic mass is 32.2. The van der Waals surface area contributed by atoms with Crippen LogP contribution >= 0.6 is 0 Å². The van der Waals surface area contributed by atoms with Crippen LogP contribution in [0.15, 0.2) is 24.3 Å². The summed E-state index contributed by atoms with van der Waals surface area (Å²) in [6.07, 6.45) is 1.20. The molecule has 2 N–H and O–H groups in total. The molecule has 31 heavy (non-hydrogen) atoms. The van der Waals surface area contributed by atoms with Gasteiger partial charge >= 0.3 is 0 Å². The van der Waals surface area contributed by atoms with E-state index in [1.54, 1.807) is 18.4 Å². The van der Waals surface area contributed by atoms with E-state index >= 15 is 0 Å². The van der Waals surface area contributed by atoms with Gasteiger partial charge in [-0.2, -0.15) is 4.98 Å². The van der Waals surface area contributed by atoms with Gasteiger partial charge in [-0.05, 0) is 26.0 Å². The Bertz CT molecular complexity index is 1290. The summed E-state index contributed by atoms with van der Waals surface area (Å²) < 4.78 is 37.4. The second-order valence-electron chi connectivity index (χ2n) is 8.33. The molecule has 1 aromatic carbocycles. The Morgan fingerprint density at radius 3 is 2.71 bits per heavy atom. The molecule has 1 fully saturated rings. The summed E-state index contributed by atoms with van der Waals surface area (Å²) in [7, 11) is -3.53. The van der Waals surface area contributed by atoms with Crippen molar-refractivity contribution in [3.8, 4) is 11.7 Å². The summed E-state index contributed by atoms with van der Waals surface area (Å²) >= 11 is 0. The van der Waals surface area contributed by atoms with Gasteiger partial charge in [-0.1, -0.05) is 12.1 Å². The highest BCUT2D eigenvalue weighted by Crippen LogP contribution is 2.43. The van der Waals surface area contributed by atoms with E-state index in [4.69, 9.17) is 20.2 Å². The molecule has 2 aliphatic rings. The molecular weight excluding hydrogens is 420 g/mol. The number of anilines is 2. The molecule has 0 saturated carbocycles. The molecule has 1 saturated heterocycles. The number of sulfone groups is 1. The molecule has 0 bridgehead atoms. The first-order chi connectivity index (χ1) is 14.7. The Balaban J connectivity index is 1.81. The lowest BCUT2D eigenvalue weighted by atomic mass is 10.1. The van der Waals surface area contributed by atoms with Crippen LogP contribution in [0.3, 0.4) is 0 Å². The van der Waals surface area contributed by atoms with E-state index < -0.39 is 14.6 Å². The van der Waals surface area contributed by atoms with Crippen molar-refractivity contribution < 1.29 is 17.9 Å². The van der Waals surface area contributed by atoms with Gasteiger partial charge in [0.05, 0.1) is 30.3 Å². The summed E-state index contributed by atoms with van der Waals surface area (Å²) in [4.78, 5) is 16.0. The van der Waals surface area contributed by atoms with Crippen LogP contribution in [0.2, 0.25) is 0 Å². The van der Waals surface area contributed by atoms with E-state index in [0.29, 0.717) is 49.1 Å². The molecule has 1 unspecified atom stereocenters. The maximum atomic E-state index is 12.7. The summed E-state index contributed by atoms with van der Waals surface area (Å²) in [6, 6.07) is 7.47. The van der Waals surface area contributed by atoms with Crippen LogP contribution in [0.4, 0.5) is 11.8 Å². The lowest BCUT2D eigenvalue weighted by molar-refractivity contribution is 0.0691. The van der Waals surface area contributed by atoms with Crippen LogP contribution in [0.1, 0.15) is 19.5 Å². The summed E-state index contributed by atoms with van der Waals surface area (Å²) in [5.74, 6) is 1.42. The molecule has 0 spiro atoms. The zero-order valence-corrected chi connectivity index (χ0v) is 18.4. The molecule has 164 valence electrons. The average Bonchev–Trinajstić information content (AvgIpc) is 3.07. The summed E-state index contributed by atoms with van der Waals surface area (Å²) in [5.41, 5.74) is 7.96. The number of fused-ring (bicyclic) bond motifs is 4. The number of rotatable bonds is 3. The van der Waals surface area contributed by atoms with Crippen LogP contribution in [-0.2, 0) is 19.3 Å². The minimum atomic E-state index is -3.53. The Labute approximate surface area is 179 Å². The second kappa shape index (κ2) is 6.79. The summed E-state index contributed by atoms with van der Waals surface area (Å²) in [6.45, 7) is 5.31. The molecule has 11 heteroatoms. The molecule has 0 amide bonds. The van der Waals surface area contributed by atoms with Crippen molar-refractivity contribution in [2.24, 2.45) is 0 Å². The highest BCUT2D eigenvalue weighted by Gasteiger charge is 2.42. The van der Waals surface area contributed by atoms with Crippen molar-refractivity contribution in [2.45, 2.75) is 24.6 Å². The zero-order chi connectivity index (χ0) is 22.0. The molecule has 0 aliphatic carbocycles. The minimum absolute atomic E-state index is 0.00456. The predicted octanol–water partition coefficient (Wildman–Crippen LogP) is 1.27. The second-order valence-corrected chi connectivity index (χ2v) is 10.9. The number of morpholine rings is 1. The number of hydrogen-bond donors (Lipinski definition) is 1. The third-order valence-corrected chi connectivity index (χ3v) is 8.09. The largest absolute Gasteiger partial charge is 0.486 e. The maximum absolute atomic E-state index is 12.7. The molecule has 4 heterocycles. The first-order valence-corrected chi connectivity index (χ1v) is 11.9. The maximum Gasteiger partial charge on any atom is 0.239 e. The van der Waals surface area contributed by atoms with E-state index in [1.165, 1.54) is 6.26 Å². The molecule has 2 aliphatic heterocycles. The van der Waals surface area contributed by atoms with Gasteiger partial charge in [0.2, 0.25) is 11.9 Å². The van der Waals surface area contributed by atoms with Crippen LogP contribution in [0.5, 0.6) is 5.75 Å². The fraction of sp³-hybridized carbons (Fsp3) is 0.450. The van der Waals surface area contributed by atoms with E-state index in [9.17, 15) is 8.42 Å². The van der Waals surface area contributed by atoms with Gasteiger partial charge in [0.1, 0.15) is 17.0 Å². The molecule has 1 atom stereocenters. The number of aromatic nitrogens is 4. The first-order valence-electron chi connectivity index (χ1n) is 10.0. The molecular formula is C20H24N6O4S. The third kappa shape index (κ3) is 3.02. The van der Waals surface area contributed by atoms with Crippen LogP contribution in [0, 0.1) is 0 Å². The van der Waals surface area contributed by atoms with Crippen molar-refractivity contribution in [3.63, 3.8) is 0 Å². The lowest BCUT2D eigenvalue weighted by Gasteiger charge is -2.41. The van der Waals surface area contributed by atoms with E-state index in [2.05, 4.69) is 14.9 Å². The van der Waals surface area contributed by atoms with Gasteiger partial charge in [0.25, 0.3) is 0 Å². The molecule has 10 nitrogen and oxygen atoms in total. The van der Waals surface area contributed by atoms with E-state index in [0.717, 1.165) is 5.52 Å². The lowest BCUT2D eigenvalue weighted by Crippen LogP contribution is -2.52. The number of benzene rings is 1. The Morgan fingerprint density at radius 2 is 1.94 bits per heavy atom. The average molecular weight is 445 g/mol. The molecule has 3 aromatic rings. The van der Waals surface area contributed by atoms with Crippen molar-refractivity contribution in [1.29, 1.82) is 0 Å². The van der Waals surface area contributed by atoms with E-state index in [-0.39, 0.29) is 17.9 Å². The van der Waals surface area contributed by atoms with Crippen molar-refractivity contribution >= 4 is 32.6 Å². The number of nitrogen functional groups attached to an aromatic ring is 1. The standard InChI is InChI=1S/C20H24N6O4S/c1-20(2,31(3,27)28)16-15-17(25-8-9-29-10-12(25)11-30-15)24-19(23-16)26-14-7-5-4-6-13(14)22-18(26)21/h4-7,12H,8-11H2,1-3H3,(H2,21,22).